The molecule has 1 unspecified atom stereocenters. The van der Waals surface area contributed by atoms with E-state index in [1.807, 2.05) is 0 Å². The Kier molecular flexibility index (Phi) is 28.7. The average molecular weight is 1130 g/mol. The minimum absolute atomic E-state index is 0.105. The van der Waals surface area contributed by atoms with E-state index in [1.165, 1.54) is 110 Å². The molecule has 422 valence electrons. The fraction of sp³-hybridized carbons (Fsp3) is 0.0926. The van der Waals surface area contributed by atoms with Crippen LogP contribution in [-0.4, -0.2) is 105 Å². The fourth-order valence-electron chi connectivity index (χ4n) is 5.37. The Balaban J connectivity index is 0.000000322. The van der Waals surface area contributed by atoms with Crippen molar-refractivity contribution in [2.75, 3.05) is 14.2 Å². The number of carbonyl (C=O) groups excluding carboxylic acids is 5. The lowest BCUT2D eigenvalue weighted by atomic mass is 10.1. The van der Waals surface area contributed by atoms with E-state index in [1.54, 1.807) is 23.5 Å². The van der Waals surface area contributed by atoms with Crippen molar-refractivity contribution < 1.29 is 94.2 Å². The van der Waals surface area contributed by atoms with Gasteiger partial charge in [0.05, 0.1) is 74.3 Å². The van der Waals surface area contributed by atoms with E-state index >= 15 is 0 Å². The van der Waals surface area contributed by atoms with Crippen molar-refractivity contribution in [1.29, 1.82) is 0 Å². The van der Waals surface area contributed by atoms with Gasteiger partial charge in [-0.15, -0.1) is 0 Å². The van der Waals surface area contributed by atoms with Crippen LogP contribution >= 0.6 is 0 Å². The maximum Gasteiger partial charge on any atom is 0.373 e. The third-order valence-corrected chi connectivity index (χ3v) is 9.17. The molecule has 0 saturated carbocycles. The number of carbonyl (C=O) groups is 5. The number of rotatable bonds is 8. The molecule has 9 aromatic rings. The zero-order valence-corrected chi connectivity index (χ0v) is 42.2. The molecule has 0 aliphatic heterocycles. The second kappa shape index (κ2) is 34.9. The maximum absolute atomic E-state index is 12.8. The lowest BCUT2D eigenvalue weighted by Gasteiger charge is -2.08. The van der Waals surface area contributed by atoms with Gasteiger partial charge >= 0.3 is 30.0 Å². The first kappa shape index (κ1) is 66.5. The summed E-state index contributed by atoms with van der Waals surface area (Å²) >= 11 is 0. The van der Waals surface area contributed by atoms with Gasteiger partial charge in [0.15, 0.2) is 6.29 Å². The number of fused-ring (bicyclic) bond motifs is 2. The Hall–Kier alpha value is -10.6. The molecule has 4 N–H and O–H groups in total. The number of carboxylic acid groups (broad SMARTS) is 2. The highest BCUT2D eigenvalue weighted by Crippen LogP contribution is 2.17. The molecular weight excluding hydrogens is 1090 g/mol. The maximum atomic E-state index is 12.8. The number of esters is 2. The van der Waals surface area contributed by atoms with Crippen molar-refractivity contribution in [1.82, 2.24) is 33.7 Å². The summed E-state index contributed by atoms with van der Waals surface area (Å²) in [6.07, 6.45) is 10.5. The molecule has 0 spiro atoms. The van der Waals surface area contributed by atoms with Gasteiger partial charge in [0.1, 0.15) is 63.9 Å². The highest BCUT2D eigenvalue weighted by molar-refractivity contribution is 5.91. The highest BCUT2D eigenvalue weighted by atomic mass is 19.2. The summed E-state index contributed by atoms with van der Waals surface area (Å²) in [6, 6.07) is 21.4. The Labute approximate surface area is 453 Å². The minimum atomic E-state index is -1.15. The number of aromatic carboxylic acids is 2. The van der Waals surface area contributed by atoms with Crippen LogP contribution in [0.25, 0.3) is 11.0 Å². The van der Waals surface area contributed by atoms with Gasteiger partial charge in [0.25, 0.3) is 0 Å². The molecule has 9 aromatic heterocycles. The lowest BCUT2D eigenvalue weighted by molar-refractivity contribution is -0.191. The van der Waals surface area contributed by atoms with Crippen LogP contribution in [0.1, 0.15) is 76.6 Å². The summed E-state index contributed by atoms with van der Waals surface area (Å²) in [4.78, 5) is 86.3. The Morgan fingerprint density at radius 2 is 0.988 bits per heavy atom. The minimum Gasteiger partial charge on any atom is -0.478 e. The summed E-state index contributed by atoms with van der Waals surface area (Å²) in [6.45, 7) is 5.12. The molecule has 0 amide bonds. The molecule has 9 heterocycles. The van der Waals surface area contributed by atoms with Crippen molar-refractivity contribution in [2.24, 2.45) is 0 Å². The first-order valence-electron chi connectivity index (χ1n) is 22.1. The normalized spacial score (nSPS) is 9.93. The van der Waals surface area contributed by atoms with E-state index in [9.17, 15) is 59.8 Å². The van der Waals surface area contributed by atoms with Gasteiger partial charge < -0.3 is 38.7 Å². The van der Waals surface area contributed by atoms with E-state index < -0.39 is 53.3 Å². The third kappa shape index (κ3) is 24.5. The quantitative estimate of drug-likeness (QED) is 0.0479. The number of aliphatic hydroxyl groups excluding tert-OH is 2. The number of carboxylic acids is 2. The second-order valence-electron chi connectivity index (χ2n) is 15.0. The summed E-state index contributed by atoms with van der Waals surface area (Å²) in [5.74, 6) is -6.11. The van der Waals surface area contributed by atoms with E-state index in [-0.39, 0.29) is 52.9 Å². The molecule has 0 radical (unpaired) electrons. The monoisotopic (exact) mass is 1130 g/mol. The molecular formula is C54H44F7N7O13. The second-order valence-corrected chi connectivity index (χ2v) is 15.0. The molecule has 0 aliphatic carbocycles. The van der Waals surface area contributed by atoms with Crippen LogP contribution in [0, 0.1) is 40.7 Å². The van der Waals surface area contributed by atoms with Crippen LogP contribution in [0.15, 0.2) is 165 Å². The van der Waals surface area contributed by atoms with E-state index in [0.29, 0.717) is 34.3 Å². The summed E-state index contributed by atoms with van der Waals surface area (Å²) < 4.78 is 98.2. The number of hydrogen-bond donors (Lipinski definition) is 4. The van der Waals surface area contributed by atoms with Gasteiger partial charge in [0, 0.05) is 35.8 Å². The summed E-state index contributed by atoms with van der Waals surface area (Å²) in [5, 5.41) is 34.8. The van der Waals surface area contributed by atoms with Crippen LogP contribution in [0.2, 0.25) is 0 Å². The fourth-order valence-corrected chi connectivity index (χ4v) is 5.37. The van der Waals surface area contributed by atoms with Crippen molar-refractivity contribution >= 4 is 47.3 Å². The zero-order valence-electron chi connectivity index (χ0n) is 42.2. The predicted octanol–water partition coefficient (Wildman–Crippen LogP) is 8.56. The Bertz CT molecular complexity index is 3490. The number of aromatic nitrogens is 7. The number of pyridine rings is 7. The van der Waals surface area contributed by atoms with Gasteiger partial charge in [0.2, 0.25) is 0 Å². The summed E-state index contributed by atoms with van der Waals surface area (Å²) in [5.41, 5.74) is 3.69. The van der Waals surface area contributed by atoms with Crippen molar-refractivity contribution in [3.05, 3.63) is 245 Å². The number of halogens is 7. The number of hydrogen-bond acceptors (Lipinski definition) is 16. The van der Waals surface area contributed by atoms with Crippen LogP contribution < -0.4 is 0 Å². The third-order valence-electron chi connectivity index (χ3n) is 9.17. The van der Waals surface area contributed by atoms with Crippen LogP contribution in [-0.2, 0) is 25.7 Å². The topological polar surface area (TPSA) is 292 Å². The van der Waals surface area contributed by atoms with Crippen molar-refractivity contribution in [3.63, 3.8) is 0 Å². The molecule has 0 bridgehead atoms. The lowest BCUT2D eigenvalue weighted by Crippen LogP contribution is -2.03. The van der Waals surface area contributed by atoms with Gasteiger partial charge in [-0.2, -0.15) is 9.59 Å². The van der Waals surface area contributed by atoms with Gasteiger partial charge in [-0.1, -0.05) is 6.58 Å². The SMILES string of the molecule is C=C(C)C(O)c1ccc(F)cn1.COC(=O)c1cc2ccc(F)cn2c1.COC(=O)c1ccc(F)cn1.O=C(O)c1cc2ccc(F)cn2c1.O=C(O)c1ccc(F)cn1.O=C=O.O=Cc1ccc(F)cn1.OCc1ccc(F)cn1. The standard InChI is InChI=1S/C10H8FNO2.C9H6FNO2.C9H10FNO.C7H6FNO2.C6H4FNO2.C6H6FNO.C6H4FNO.CO2/c1-14-10(13)7-4-9-3-2-8(11)6-12(9)5-7;10-7-1-2-8-3-6(9(12)13)4-11(8)5-7;1-6(2)9(12)8-4-3-7(10)5-11-8;1-11-7(10)6-3-2-5(8)4-9-6;7-4-1-2-5(6(9)10)8-3-4;2*7-5-1-2-6(4-9)8-3-5;2-1-3/h2-6H,1H3;1-5H,(H,12,13);3-5,9,12H,1H2,2H3;2-4H,1H3;1-3H,(H,9,10);1-3,9H,4H2;1-4H;. The zero-order chi connectivity index (χ0) is 60.6. The van der Waals surface area contributed by atoms with Gasteiger partial charge in [-0.25, -0.2) is 59.9 Å². The molecule has 1 atom stereocenters. The molecule has 0 aliphatic rings. The van der Waals surface area contributed by atoms with E-state index in [4.69, 9.17) is 24.9 Å². The number of methoxy groups -OCH3 is 2. The van der Waals surface area contributed by atoms with Crippen LogP contribution in [0.4, 0.5) is 30.7 Å². The summed E-state index contributed by atoms with van der Waals surface area (Å²) in [7, 11) is 2.55. The van der Waals surface area contributed by atoms with Crippen LogP contribution in [0.5, 0.6) is 0 Å². The number of aldehydes is 1. The highest BCUT2D eigenvalue weighted by Gasteiger charge is 2.11. The van der Waals surface area contributed by atoms with Gasteiger partial charge in [-0.05, 0) is 110 Å². The largest absolute Gasteiger partial charge is 0.478 e. The van der Waals surface area contributed by atoms with Crippen LogP contribution in [0.3, 0.4) is 0 Å². The van der Waals surface area contributed by atoms with Crippen molar-refractivity contribution in [3.8, 4) is 0 Å². The first-order chi connectivity index (χ1) is 38.5. The molecule has 81 heavy (non-hydrogen) atoms. The predicted molar refractivity (Wildman–Crippen MR) is 268 cm³/mol. The molecule has 0 fully saturated rings. The van der Waals surface area contributed by atoms with E-state index in [0.717, 1.165) is 54.7 Å². The Morgan fingerprint density at radius 3 is 1.36 bits per heavy atom. The molecule has 0 aromatic carbocycles. The number of aliphatic hydroxyl groups is 2. The molecule has 0 saturated heterocycles. The molecule has 27 heteroatoms. The number of nitrogens with zero attached hydrogens (tertiary/aromatic N) is 7. The number of ether oxygens (including phenoxy) is 2. The first-order valence-corrected chi connectivity index (χ1v) is 22.1. The smallest absolute Gasteiger partial charge is 0.373 e. The van der Waals surface area contributed by atoms with Crippen molar-refractivity contribution in [2.45, 2.75) is 19.6 Å². The average Bonchev–Trinajstić information content (AvgIpc) is 4.11. The Morgan fingerprint density at radius 1 is 0.568 bits per heavy atom. The van der Waals surface area contributed by atoms with E-state index in [2.05, 4.69) is 41.0 Å². The van der Waals surface area contributed by atoms with Gasteiger partial charge in [-0.3, -0.25) is 19.7 Å². The molecule has 20 nitrogen and oxygen atoms in total. The molecule has 9 rings (SSSR count).